The fraction of sp³-hybridized carbons (Fsp3) is 0.154. The van der Waals surface area contributed by atoms with E-state index in [9.17, 15) is 24.5 Å². The van der Waals surface area contributed by atoms with Gasteiger partial charge in [-0.05, 0) is 17.5 Å². The molecule has 0 aliphatic carbocycles. The fourth-order valence-corrected chi connectivity index (χ4v) is 2.38. The molecule has 0 spiro atoms. The van der Waals surface area contributed by atoms with Gasteiger partial charge >= 0.3 is 17.3 Å². The van der Waals surface area contributed by atoms with E-state index >= 15 is 0 Å². The first-order chi connectivity index (χ1) is 11.0. The number of nitrogens with one attached hydrogen (secondary N) is 2. The third-order valence-corrected chi connectivity index (χ3v) is 3.64. The third kappa shape index (κ3) is 4.48. The zero-order valence-electron chi connectivity index (χ0n) is 11.7. The molecular formula is C13H12N4O5S. The van der Waals surface area contributed by atoms with Crippen molar-refractivity contribution in [1.29, 1.82) is 0 Å². The largest absolute Gasteiger partial charge is 0.334 e. The maximum absolute atomic E-state index is 11.8. The second-order valence-corrected chi connectivity index (χ2v) is 5.43. The van der Waals surface area contributed by atoms with Crippen molar-refractivity contribution >= 4 is 29.0 Å². The SMILES string of the molecule is O=C(Cn1cccc([N+](=O)[O-])c1=O)NC(=O)NCc1cccs1. The van der Waals surface area contributed by atoms with Gasteiger partial charge in [0, 0.05) is 17.1 Å². The number of imide groups is 1. The van der Waals surface area contributed by atoms with Crippen molar-refractivity contribution in [1.82, 2.24) is 15.2 Å². The van der Waals surface area contributed by atoms with Crippen LogP contribution in [0, 0.1) is 10.1 Å². The Bertz CT molecular complexity index is 784. The standard InChI is InChI=1S/C13H12N4O5S/c18-11(15-13(20)14-7-9-3-2-6-23-9)8-16-5-1-4-10(12(16)19)17(21)22/h1-6H,7-8H2,(H2,14,15,18,20). The summed E-state index contributed by atoms with van der Waals surface area (Å²) in [6.07, 6.45) is 1.23. The Labute approximate surface area is 133 Å². The quantitative estimate of drug-likeness (QED) is 0.619. The Morgan fingerprint density at radius 2 is 2.09 bits per heavy atom. The topological polar surface area (TPSA) is 123 Å². The van der Waals surface area contributed by atoms with Crippen LogP contribution < -0.4 is 16.2 Å². The molecule has 23 heavy (non-hydrogen) atoms. The van der Waals surface area contributed by atoms with E-state index in [1.807, 2.05) is 17.5 Å². The highest BCUT2D eigenvalue weighted by Crippen LogP contribution is 2.07. The first-order valence-electron chi connectivity index (χ1n) is 6.41. The number of thiophene rings is 1. The minimum Gasteiger partial charge on any atom is -0.333 e. The predicted molar refractivity (Wildman–Crippen MR) is 82.1 cm³/mol. The van der Waals surface area contributed by atoms with Gasteiger partial charge in [0.05, 0.1) is 11.5 Å². The van der Waals surface area contributed by atoms with Crippen molar-refractivity contribution in [2.24, 2.45) is 0 Å². The van der Waals surface area contributed by atoms with E-state index in [-0.39, 0.29) is 6.54 Å². The summed E-state index contributed by atoms with van der Waals surface area (Å²) in [5, 5.41) is 17.1. The van der Waals surface area contributed by atoms with Gasteiger partial charge < -0.3 is 9.88 Å². The summed E-state index contributed by atoms with van der Waals surface area (Å²) < 4.78 is 0.861. The van der Waals surface area contributed by atoms with Crippen molar-refractivity contribution in [3.8, 4) is 0 Å². The Balaban J connectivity index is 1.92. The minimum absolute atomic E-state index is 0.271. The van der Waals surface area contributed by atoms with Gasteiger partial charge in [-0.2, -0.15) is 0 Å². The molecule has 0 fully saturated rings. The lowest BCUT2D eigenvalue weighted by Gasteiger charge is -2.07. The molecule has 0 bridgehead atoms. The van der Waals surface area contributed by atoms with Crippen molar-refractivity contribution in [2.45, 2.75) is 13.1 Å². The molecule has 3 amide bonds. The summed E-state index contributed by atoms with van der Waals surface area (Å²) in [4.78, 5) is 45.8. The number of carbonyl (C=O) groups is 2. The van der Waals surface area contributed by atoms with Crippen LogP contribution in [0.4, 0.5) is 10.5 Å². The Hall–Kier alpha value is -3.01. The minimum atomic E-state index is -0.911. The van der Waals surface area contributed by atoms with E-state index in [0.29, 0.717) is 0 Å². The molecule has 120 valence electrons. The van der Waals surface area contributed by atoms with E-state index in [1.165, 1.54) is 23.6 Å². The number of nitrogens with zero attached hydrogens (tertiary/aromatic N) is 2. The summed E-state index contributed by atoms with van der Waals surface area (Å²) in [5.41, 5.74) is -1.55. The number of amides is 3. The van der Waals surface area contributed by atoms with E-state index in [4.69, 9.17) is 0 Å². The smallest absolute Gasteiger partial charge is 0.333 e. The van der Waals surface area contributed by atoms with Crippen LogP contribution in [0.5, 0.6) is 0 Å². The van der Waals surface area contributed by atoms with Crippen LogP contribution in [0.3, 0.4) is 0 Å². The molecule has 0 aromatic carbocycles. The van der Waals surface area contributed by atoms with Crippen LogP contribution in [0.15, 0.2) is 40.6 Å². The fourth-order valence-electron chi connectivity index (χ4n) is 1.73. The van der Waals surface area contributed by atoms with Crippen LogP contribution >= 0.6 is 11.3 Å². The molecule has 0 unspecified atom stereocenters. The van der Waals surface area contributed by atoms with Gasteiger partial charge in [-0.3, -0.25) is 25.0 Å². The Morgan fingerprint density at radius 1 is 1.30 bits per heavy atom. The highest BCUT2D eigenvalue weighted by molar-refractivity contribution is 7.09. The van der Waals surface area contributed by atoms with Crippen LogP contribution in [-0.4, -0.2) is 21.4 Å². The maximum atomic E-state index is 11.8. The molecule has 2 aromatic rings. The molecule has 10 heteroatoms. The van der Waals surface area contributed by atoms with E-state index in [0.717, 1.165) is 15.5 Å². The van der Waals surface area contributed by atoms with Gasteiger partial charge in [-0.25, -0.2) is 4.79 Å². The van der Waals surface area contributed by atoms with E-state index in [1.54, 1.807) is 0 Å². The summed E-state index contributed by atoms with van der Waals surface area (Å²) in [6, 6.07) is 5.28. The second kappa shape index (κ2) is 7.31. The molecule has 0 radical (unpaired) electrons. The summed E-state index contributed by atoms with van der Waals surface area (Å²) >= 11 is 1.46. The zero-order chi connectivity index (χ0) is 16.8. The first kappa shape index (κ1) is 16.4. The monoisotopic (exact) mass is 336 g/mol. The summed E-state index contributed by atoms with van der Waals surface area (Å²) in [7, 11) is 0. The van der Waals surface area contributed by atoms with Gasteiger partial charge in [-0.1, -0.05) is 6.07 Å². The summed E-state index contributed by atoms with van der Waals surface area (Å²) in [6.45, 7) is -0.222. The summed E-state index contributed by atoms with van der Waals surface area (Å²) in [5.74, 6) is -0.753. The average molecular weight is 336 g/mol. The number of hydrogen-bond acceptors (Lipinski definition) is 6. The number of aromatic nitrogens is 1. The van der Waals surface area contributed by atoms with Crippen molar-refractivity contribution in [2.75, 3.05) is 0 Å². The van der Waals surface area contributed by atoms with Crippen LogP contribution in [0.1, 0.15) is 4.88 Å². The third-order valence-electron chi connectivity index (χ3n) is 2.77. The molecular weight excluding hydrogens is 324 g/mol. The number of hydrogen-bond donors (Lipinski definition) is 2. The molecule has 9 nitrogen and oxygen atoms in total. The lowest BCUT2D eigenvalue weighted by atomic mass is 10.4. The number of rotatable bonds is 5. The molecule has 2 aromatic heterocycles. The normalized spacial score (nSPS) is 10.1. The molecule has 0 saturated carbocycles. The number of urea groups is 1. The molecule has 0 aliphatic heterocycles. The van der Waals surface area contributed by atoms with Gasteiger partial charge in [0.2, 0.25) is 5.91 Å². The molecule has 0 atom stereocenters. The molecule has 2 rings (SSSR count). The second-order valence-electron chi connectivity index (χ2n) is 4.39. The first-order valence-corrected chi connectivity index (χ1v) is 7.29. The lowest BCUT2D eigenvalue weighted by Crippen LogP contribution is -2.41. The average Bonchev–Trinajstić information content (AvgIpc) is 3.00. The maximum Gasteiger partial charge on any atom is 0.334 e. The van der Waals surface area contributed by atoms with E-state index < -0.39 is 34.7 Å². The Kier molecular flexibility index (Phi) is 5.20. The highest BCUT2D eigenvalue weighted by Gasteiger charge is 2.16. The van der Waals surface area contributed by atoms with Gasteiger partial charge in [0.25, 0.3) is 0 Å². The van der Waals surface area contributed by atoms with Crippen molar-refractivity contribution in [3.63, 3.8) is 0 Å². The molecule has 0 saturated heterocycles. The van der Waals surface area contributed by atoms with Crippen LogP contribution in [-0.2, 0) is 17.9 Å². The molecule has 2 heterocycles. The predicted octanol–water partition coefficient (Wildman–Crippen LogP) is 0.844. The number of carbonyl (C=O) groups excluding carboxylic acids is 2. The molecule has 2 N–H and O–H groups in total. The van der Waals surface area contributed by atoms with Crippen LogP contribution in [0.25, 0.3) is 0 Å². The zero-order valence-corrected chi connectivity index (χ0v) is 12.5. The van der Waals surface area contributed by atoms with E-state index in [2.05, 4.69) is 10.6 Å². The lowest BCUT2D eigenvalue weighted by molar-refractivity contribution is -0.386. The highest BCUT2D eigenvalue weighted by atomic mass is 32.1. The van der Waals surface area contributed by atoms with Gasteiger partial charge in [0.15, 0.2) is 0 Å². The Morgan fingerprint density at radius 3 is 2.74 bits per heavy atom. The van der Waals surface area contributed by atoms with Gasteiger partial charge in [-0.15, -0.1) is 11.3 Å². The van der Waals surface area contributed by atoms with Crippen molar-refractivity contribution < 1.29 is 14.5 Å². The number of pyridine rings is 1. The molecule has 0 aliphatic rings. The van der Waals surface area contributed by atoms with Crippen LogP contribution in [0.2, 0.25) is 0 Å². The number of nitro groups is 1. The van der Waals surface area contributed by atoms with Crippen molar-refractivity contribution in [3.05, 3.63) is 61.2 Å². The van der Waals surface area contributed by atoms with Gasteiger partial charge in [0.1, 0.15) is 6.54 Å².